The minimum atomic E-state index is -0.298. The molecule has 0 saturated carbocycles. The van der Waals surface area contributed by atoms with E-state index in [1.54, 1.807) is 21.7 Å². The number of nitrogens with zero attached hydrogens (tertiary/aromatic N) is 3. The number of fused-ring (bicyclic) bond motifs is 1. The van der Waals surface area contributed by atoms with Gasteiger partial charge in [0, 0.05) is 30.3 Å². The number of primary amides is 1. The summed E-state index contributed by atoms with van der Waals surface area (Å²) in [5.41, 5.74) is 8.69. The number of nitrogens with two attached hydrogens (primary N) is 1. The Hall–Kier alpha value is -2.70. The summed E-state index contributed by atoms with van der Waals surface area (Å²) in [6, 6.07) is 6.18. The van der Waals surface area contributed by atoms with Crippen molar-refractivity contribution in [3.8, 4) is 5.69 Å². The number of benzene rings is 1. The Morgan fingerprint density at radius 1 is 1.07 bits per heavy atom. The Labute approximate surface area is 157 Å². The van der Waals surface area contributed by atoms with Gasteiger partial charge < -0.3 is 10.6 Å². The van der Waals surface area contributed by atoms with E-state index < -0.39 is 0 Å². The van der Waals surface area contributed by atoms with Crippen LogP contribution >= 0.6 is 0 Å². The van der Waals surface area contributed by atoms with Crippen LogP contribution in [0.15, 0.2) is 24.3 Å². The molecule has 1 aliphatic carbocycles. The van der Waals surface area contributed by atoms with Crippen LogP contribution in [0.3, 0.4) is 0 Å². The van der Waals surface area contributed by atoms with Crippen LogP contribution in [0, 0.1) is 11.7 Å². The maximum absolute atomic E-state index is 13.3. The lowest BCUT2D eigenvalue weighted by Crippen LogP contribution is -2.42. The first-order valence-corrected chi connectivity index (χ1v) is 9.50. The Morgan fingerprint density at radius 2 is 1.74 bits per heavy atom. The predicted molar refractivity (Wildman–Crippen MR) is 98.0 cm³/mol. The Bertz CT molecular complexity index is 867. The smallest absolute Gasteiger partial charge is 0.274 e. The third-order valence-electron chi connectivity index (χ3n) is 5.64. The maximum atomic E-state index is 13.3. The minimum absolute atomic E-state index is 0.0862. The molecule has 2 amide bonds. The van der Waals surface area contributed by atoms with Gasteiger partial charge >= 0.3 is 0 Å². The van der Waals surface area contributed by atoms with Gasteiger partial charge in [-0.25, -0.2) is 9.07 Å². The van der Waals surface area contributed by atoms with E-state index in [-0.39, 0.29) is 23.5 Å². The molecule has 27 heavy (non-hydrogen) atoms. The zero-order valence-corrected chi connectivity index (χ0v) is 15.2. The van der Waals surface area contributed by atoms with Crippen molar-refractivity contribution < 1.29 is 14.0 Å². The van der Waals surface area contributed by atoms with Crippen molar-refractivity contribution >= 4 is 11.8 Å². The van der Waals surface area contributed by atoms with E-state index in [9.17, 15) is 14.0 Å². The van der Waals surface area contributed by atoms with Gasteiger partial charge in [-0.15, -0.1) is 0 Å². The molecule has 1 aromatic carbocycles. The Morgan fingerprint density at radius 3 is 2.41 bits per heavy atom. The third kappa shape index (κ3) is 3.34. The van der Waals surface area contributed by atoms with Gasteiger partial charge in [0.25, 0.3) is 5.91 Å². The van der Waals surface area contributed by atoms with Gasteiger partial charge in [0.05, 0.1) is 5.69 Å². The highest BCUT2D eigenvalue weighted by atomic mass is 19.1. The van der Waals surface area contributed by atoms with Gasteiger partial charge in [0.15, 0.2) is 5.69 Å². The number of likely N-dealkylation sites (tertiary alicyclic amines) is 1. The second-order valence-corrected chi connectivity index (χ2v) is 7.34. The first-order valence-electron chi connectivity index (χ1n) is 9.50. The predicted octanol–water partition coefficient (Wildman–Crippen LogP) is 2.23. The van der Waals surface area contributed by atoms with Crippen molar-refractivity contribution in [2.24, 2.45) is 11.7 Å². The van der Waals surface area contributed by atoms with Crippen molar-refractivity contribution in [1.29, 1.82) is 0 Å². The number of carbonyl (C=O) groups is 2. The molecule has 2 aliphatic rings. The normalized spacial score (nSPS) is 17.6. The molecule has 0 spiro atoms. The van der Waals surface area contributed by atoms with Crippen LogP contribution in [-0.4, -0.2) is 39.6 Å². The lowest BCUT2D eigenvalue weighted by atomic mass is 9.93. The lowest BCUT2D eigenvalue weighted by molar-refractivity contribution is -0.123. The molecule has 0 bridgehead atoms. The molecule has 4 rings (SSSR count). The highest BCUT2D eigenvalue weighted by Crippen LogP contribution is 2.29. The van der Waals surface area contributed by atoms with Crippen LogP contribution in [0.5, 0.6) is 0 Å². The van der Waals surface area contributed by atoms with Crippen LogP contribution in [0.1, 0.15) is 47.4 Å². The average molecular weight is 370 g/mol. The average Bonchev–Trinajstić information content (AvgIpc) is 3.08. The van der Waals surface area contributed by atoms with E-state index in [2.05, 4.69) is 5.10 Å². The lowest BCUT2D eigenvalue weighted by Gasteiger charge is -2.30. The van der Waals surface area contributed by atoms with E-state index in [1.807, 2.05) is 0 Å². The largest absolute Gasteiger partial charge is 0.369 e. The number of halogens is 1. The van der Waals surface area contributed by atoms with Crippen LogP contribution in [-0.2, 0) is 17.6 Å². The first-order chi connectivity index (χ1) is 13.0. The summed E-state index contributed by atoms with van der Waals surface area (Å²) in [5.74, 6) is -0.829. The van der Waals surface area contributed by atoms with Crippen molar-refractivity contribution in [1.82, 2.24) is 14.7 Å². The molecule has 1 aliphatic heterocycles. The number of amides is 2. The van der Waals surface area contributed by atoms with Gasteiger partial charge in [-0.1, -0.05) is 0 Å². The van der Waals surface area contributed by atoms with Crippen LogP contribution in [0.25, 0.3) is 5.69 Å². The van der Waals surface area contributed by atoms with Gasteiger partial charge in [0.1, 0.15) is 5.82 Å². The molecule has 2 aromatic rings. The quantitative estimate of drug-likeness (QED) is 0.900. The summed E-state index contributed by atoms with van der Waals surface area (Å²) in [4.78, 5) is 26.2. The summed E-state index contributed by atoms with van der Waals surface area (Å²) in [5, 5.41) is 4.63. The summed E-state index contributed by atoms with van der Waals surface area (Å²) in [6.45, 7) is 1.04. The van der Waals surface area contributed by atoms with Crippen LogP contribution in [0.4, 0.5) is 4.39 Å². The number of carbonyl (C=O) groups excluding carboxylic acids is 2. The van der Waals surface area contributed by atoms with Gasteiger partial charge in [-0.05, 0) is 62.8 Å². The van der Waals surface area contributed by atoms with Gasteiger partial charge in [-0.2, -0.15) is 5.10 Å². The summed E-state index contributed by atoms with van der Waals surface area (Å²) in [6.07, 6.45) is 4.97. The summed E-state index contributed by atoms with van der Waals surface area (Å²) < 4.78 is 15.1. The Balaban J connectivity index is 1.64. The number of hydrogen-bond donors (Lipinski definition) is 1. The number of piperidine rings is 1. The molecule has 0 unspecified atom stereocenters. The SMILES string of the molecule is NC(=O)C1CCN(C(=O)c2nn(-c3ccc(F)cc3)c3c2CCCC3)CC1. The summed E-state index contributed by atoms with van der Waals surface area (Å²) >= 11 is 0. The third-order valence-corrected chi connectivity index (χ3v) is 5.64. The molecule has 1 aromatic heterocycles. The summed E-state index contributed by atoms with van der Waals surface area (Å²) in [7, 11) is 0. The molecular formula is C20H23FN4O2. The molecule has 1 fully saturated rings. The van der Waals surface area contributed by atoms with Crippen molar-refractivity contribution in [2.75, 3.05) is 13.1 Å². The van der Waals surface area contributed by atoms with Gasteiger partial charge in [-0.3, -0.25) is 9.59 Å². The van der Waals surface area contributed by atoms with Crippen molar-refractivity contribution in [3.63, 3.8) is 0 Å². The number of aromatic nitrogens is 2. The van der Waals surface area contributed by atoms with E-state index in [4.69, 9.17) is 5.73 Å². The first kappa shape index (κ1) is 17.7. The highest BCUT2D eigenvalue weighted by Gasteiger charge is 2.31. The van der Waals surface area contributed by atoms with E-state index in [0.717, 1.165) is 42.6 Å². The van der Waals surface area contributed by atoms with Crippen molar-refractivity contribution in [3.05, 3.63) is 47.0 Å². The molecule has 142 valence electrons. The number of rotatable bonds is 3. The molecule has 2 heterocycles. The Kier molecular flexibility index (Phi) is 4.68. The molecule has 2 N–H and O–H groups in total. The zero-order valence-electron chi connectivity index (χ0n) is 15.2. The van der Waals surface area contributed by atoms with Crippen LogP contribution < -0.4 is 5.73 Å². The maximum Gasteiger partial charge on any atom is 0.274 e. The number of hydrogen-bond acceptors (Lipinski definition) is 3. The van der Waals surface area contributed by atoms with E-state index >= 15 is 0 Å². The molecular weight excluding hydrogens is 347 g/mol. The molecule has 1 saturated heterocycles. The van der Waals surface area contributed by atoms with E-state index in [1.165, 1.54) is 12.1 Å². The van der Waals surface area contributed by atoms with Crippen LogP contribution in [0.2, 0.25) is 0 Å². The highest BCUT2D eigenvalue weighted by molar-refractivity contribution is 5.94. The second kappa shape index (κ2) is 7.13. The van der Waals surface area contributed by atoms with Crippen molar-refractivity contribution in [2.45, 2.75) is 38.5 Å². The molecule has 0 radical (unpaired) electrons. The monoisotopic (exact) mass is 370 g/mol. The fourth-order valence-corrected chi connectivity index (χ4v) is 4.08. The topological polar surface area (TPSA) is 81.2 Å². The fourth-order valence-electron chi connectivity index (χ4n) is 4.08. The standard InChI is InChI=1S/C20H23FN4O2/c21-14-5-7-15(8-6-14)25-17-4-2-1-3-16(17)18(23-25)20(27)24-11-9-13(10-12-24)19(22)26/h5-8,13H,1-4,9-12H2,(H2,22,26). The molecule has 6 nitrogen and oxygen atoms in total. The minimum Gasteiger partial charge on any atom is -0.369 e. The fraction of sp³-hybridized carbons (Fsp3) is 0.450. The van der Waals surface area contributed by atoms with E-state index in [0.29, 0.717) is 31.6 Å². The molecule has 7 heteroatoms. The second-order valence-electron chi connectivity index (χ2n) is 7.34. The zero-order chi connectivity index (χ0) is 19.0. The van der Waals surface area contributed by atoms with Gasteiger partial charge in [0.2, 0.25) is 5.91 Å². The molecule has 0 atom stereocenters.